The van der Waals surface area contributed by atoms with Crippen LogP contribution >= 0.6 is 23.5 Å². The normalized spacial score (nSPS) is 26.6. The van der Waals surface area contributed by atoms with E-state index in [0.29, 0.717) is 5.92 Å². The predicted molar refractivity (Wildman–Crippen MR) is 56.7 cm³/mol. The fourth-order valence-corrected chi connectivity index (χ4v) is 3.44. The molecule has 0 N–H and O–H groups in total. The third kappa shape index (κ3) is 3.39. The van der Waals surface area contributed by atoms with Gasteiger partial charge in [0.05, 0.1) is 0 Å². The summed E-state index contributed by atoms with van der Waals surface area (Å²) in [5.74, 6) is 0.607. The molecule has 62 valence electrons. The minimum absolute atomic E-state index is 0.607. The molecule has 0 nitrogen and oxygen atoms in total. The van der Waals surface area contributed by atoms with Crippen molar-refractivity contribution in [3.05, 3.63) is 22.0 Å². The van der Waals surface area contributed by atoms with Crippen molar-refractivity contribution in [3.8, 4) is 0 Å². The second kappa shape index (κ2) is 4.27. The van der Waals surface area contributed by atoms with Crippen LogP contribution in [0, 0.1) is 5.92 Å². The molecule has 0 aromatic heterocycles. The van der Waals surface area contributed by atoms with E-state index in [9.17, 15) is 0 Å². The minimum Gasteiger partial charge on any atom is -0.120 e. The fraction of sp³-hybridized carbons (Fsp3) is 0.556. The summed E-state index contributed by atoms with van der Waals surface area (Å²) in [7, 11) is 0. The number of thioether (sulfide) groups is 2. The molecule has 0 atom stereocenters. The van der Waals surface area contributed by atoms with E-state index in [4.69, 9.17) is 0 Å². The van der Waals surface area contributed by atoms with Crippen LogP contribution in [0.15, 0.2) is 22.0 Å². The van der Waals surface area contributed by atoms with Gasteiger partial charge in [0.1, 0.15) is 0 Å². The number of rotatable bonds is 0. The standard InChI is InChI=1S/C9H14S2/c1-7-4-8(2)10-6-11-9(3)5-7/h4-5,7H,6H2,1-3H3. The van der Waals surface area contributed by atoms with Crippen LogP contribution in [0.25, 0.3) is 0 Å². The fourth-order valence-electron chi connectivity index (χ4n) is 1.10. The van der Waals surface area contributed by atoms with E-state index in [0.717, 1.165) is 5.08 Å². The smallest absolute Gasteiger partial charge is 0.0479 e. The molecule has 0 saturated carbocycles. The largest absolute Gasteiger partial charge is 0.120 e. The highest BCUT2D eigenvalue weighted by Crippen LogP contribution is 2.30. The second-order valence-electron chi connectivity index (χ2n) is 2.82. The molecule has 1 heterocycles. The van der Waals surface area contributed by atoms with Gasteiger partial charge in [-0.25, -0.2) is 0 Å². The summed E-state index contributed by atoms with van der Waals surface area (Å²) in [4.78, 5) is 2.91. The van der Waals surface area contributed by atoms with Crippen molar-refractivity contribution in [1.29, 1.82) is 0 Å². The molecule has 0 unspecified atom stereocenters. The molecule has 0 aromatic carbocycles. The summed E-state index contributed by atoms with van der Waals surface area (Å²) in [6.45, 7) is 6.62. The zero-order valence-electron chi connectivity index (χ0n) is 7.26. The molecule has 0 bridgehead atoms. The molecule has 0 spiro atoms. The Morgan fingerprint density at radius 1 is 1.18 bits per heavy atom. The Labute approximate surface area is 77.5 Å². The van der Waals surface area contributed by atoms with Crippen molar-refractivity contribution in [2.45, 2.75) is 20.8 Å². The van der Waals surface area contributed by atoms with Crippen LogP contribution < -0.4 is 0 Å². The van der Waals surface area contributed by atoms with Gasteiger partial charge in [-0.2, -0.15) is 0 Å². The van der Waals surface area contributed by atoms with Crippen LogP contribution in [0.5, 0.6) is 0 Å². The number of hydrogen-bond acceptors (Lipinski definition) is 2. The Hall–Kier alpha value is 0.180. The van der Waals surface area contributed by atoms with E-state index in [-0.39, 0.29) is 0 Å². The first kappa shape index (κ1) is 9.27. The highest BCUT2D eigenvalue weighted by atomic mass is 32.2. The van der Waals surface area contributed by atoms with Gasteiger partial charge in [-0.1, -0.05) is 19.1 Å². The molecular weight excluding hydrogens is 172 g/mol. The third-order valence-corrected chi connectivity index (χ3v) is 3.69. The monoisotopic (exact) mass is 186 g/mol. The van der Waals surface area contributed by atoms with E-state index in [2.05, 4.69) is 32.9 Å². The molecule has 0 fully saturated rings. The van der Waals surface area contributed by atoms with Crippen LogP contribution in [-0.4, -0.2) is 5.08 Å². The van der Waals surface area contributed by atoms with Crippen LogP contribution in [0.1, 0.15) is 20.8 Å². The summed E-state index contributed by atoms with van der Waals surface area (Å²) >= 11 is 3.89. The van der Waals surface area contributed by atoms with Crippen LogP contribution in [0.3, 0.4) is 0 Å². The van der Waals surface area contributed by atoms with E-state index in [1.807, 2.05) is 23.5 Å². The molecule has 1 aliphatic heterocycles. The lowest BCUT2D eigenvalue weighted by molar-refractivity contribution is 0.930. The molecule has 0 radical (unpaired) electrons. The Balaban J connectivity index is 2.69. The van der Waals surface area contributed by atoms with Crippen LogP contribution in [0.4, 0.5) is 0 Å². The highest BCUT2D eigenvalue weighted by Gasteiger charge is 2.02. The summed E-state index contributed by atoms with van der Waals surface area (Å²) in [6, 6.07) is 0. The molecule has 1 aliphatic rings. The lowest BCUT2D eigenvalue weighted by Crippen LogP contribution is -1.89. The molecule has 0 aromatic rings. The lowest BCUT2D eigenvalue weighted by Gasteiger charge is -2.10. The summed E-state index contributed by atoms with van der Waals surface area (Å²) in [6.07, 6.45) is 4.65. The van der Waals surface area contributed by atoms with Gasteiger partial charge in [0.15, 0.2) is 0 Å². The van der Waals surface area contributed by atoms with E-state index < -0.39 is 0 Å². The van der Waals surface area contributed by atoms with Crippen molar-refractivity contribution >= 4 is 23.5 Å². The number of hydrogen-bond donors (Lipinski definition) is 0. The maximum absolute atomic E-state index is 2.33. The Morgan fingerprint density at radius 3 is 2.09 bits per heavy atom. The van der Waals surface area contributed by atoms with Gasteiger partial charge in [-0.15, -0.1) is 23.5 Å². The number of allylic oxidation sites excluding steroid dienone is 4. The van der Waals surface area contributed by atoms with Crippen LogP contribution in [-0.2, 0) is 0 Å². The molecule has 11 heavy (non-hydrogen) atoms. The van der Waals surface area contributed by atoms with Gasteiger partial charge in [0, 0.05) is 5.08 Å². The van der Waals surface area contributed by atoms with E-state index >= 15 is 0 Å². The van der Waals surface area contributed by atoms with Gasteiger partial charge in [0.2, 0.25) is 0 Å². The minimum atomic E-state index is 0.607. The molecule has 1 rings (SSSR count). The van der Waals surface area contributed by atoms with Crippen molar-refractivity contribution < 1.29 is 0 Å². The average Bonchev–Trinajstić information content (AvgIpc) is 1.83. The molecule has 0 saturated heterocycles. The first-order chi connectivity index (χ1) is 5.18. The van der Waals surface area contributed by atoms with E-state index in [1.54, 1.807) is 0 Å². The first-order valence-corrected chi connectivity index (χ1v) is 5.78. The van der Waals surface area contributed by atoms with Gasteiger partial charge >= 0.3 is 0 Å². The Bertz CT molecular complexity index is 172. The van der Waals surface area contributed by atoms with Crippen molar-refractivity contribution in [2.24, 2.45) is 5.92 Å². The second-order valence-corrected chi connectivity index (χ2v) is 5.63. The molecule has 2 heteroatoms. The van der Waals surface area contributed by atoms with Gasteiger partial charge in [-0.05, 0) is 29.6 Å². The van der Waals surface area contributed by atoms with Crippen molar-refractivity contribution in [3.63, 3.8) is 0 Å². The Kier molecular flexibility index (Phi) is 3.60. The van der Waals surface area contributed by atoms with Gasteiger partial charge in [0.25, 0.3) is 0 Å². The maximum Gasteiger partial charge on any atom is 0.0479 e. The predicted octanol–water partition coefficient (Wildman–Crippen LogP) is 3.87. The zero-order chi connectivity index (χ0) is 8.27. The zero-order valence-corrected chi connectivity index (χ0v) is 8.89. The molecular formula is C9H14S2. The van der Waals surface area contributed by atoms with Crippen LogP contribution in [0.2, 0.25) is 0 Å². The average molecular weight is 186 g/mol. The molecule has 0 aliphatic carbocycles. The third-order valence-electron chi connectivity index (χ3n) is 1.57. The lowest BCUT2D eigenvalue weighted by atomic mass is 10.1. The van der Waals surface area contributed by atoms with Gasteiger partial charge in [-0.3, -0.25) is 0 Å². The SMILES string of the molecule is CC1=CC(C)C=C(C)SCS1. The molecule has 0 amide bonds. The maximum atomic E-state index is 2.33. The summed E-state index contributed by atoms with van der Waals surface area (Å²) in [5.41, 5.74) is 0. The topological polar surface area (TPSA) is 0 Å². The van der Waals surface area contributed by atoms with Crippen molar-refractivity contribution in [2.75, 3.05) is 5.08 Å². The summed E-state index contributed by atoms with van der Waals surface area (Å²) in [5, 5.41) is 1.16. The first-order valence-electron chi connectivity index (χ1n) is 3.81. The Morgan fingerprint density at radius 2 is 1.64 bits per heavy atom. The summed E-state index contributed by atoms with van der Waals surface area (Å²) < 4.78 is 0. The van der Waals surface area contributed by atoms with Crippen molar-refractivity contribution in [1.82, 2.24) is 0 Å². The quantitative estimate of drug-likeness (QED) is 0.563. The van der Waals surface area contributed by atoms with Gasteiger partial charge < -0.3 is 0 Å². The highest BCUT2D eigenvalue weighted by molar-refractivity contribution is 8.19. The van der Waals surface area contributed by atoms with E-state index in [1.165, 1.54) is 9.81 Å².